The highest BCUT2D eigenvalue weighted by atomic mass is 32.2. The molecule has 0 amide bonds. The average molecular weight is 232 g/mol. The fraction of sp³-hybridized carbons (Fsp3) is 0.909. The summed E-state index contributed by atoms with van der Waals surface area (Å²) in [5.74, 6) is 0.437. The van der Waals surface area contributed by atoms with Crippen molar-refractivity contribution in [2.45, 2.75) is 38.4 Å². The maximum absolute atomic E-state index is 10.8. The van der Waals surface area contributed by atoms with Crippen LogP contribution in [0.3, 0.4) is 0 Å². The van der Waals surface area contributed by atoms with Crippen molar-refractivity contribution >= 4 is 17.7 Å². The predicted octanol–water partition coefficient (Wildman–Crippen LogP) is 2.40. The molecule has 1 rings (SSSR count). The lowest BCUT2D eigenvalue weighted by Gasteiger charge is -2.25. The van der Waals surface area contributed by atoms with Gasteiger partial charge in [-0.25, -0.2) is 0 Å². The summed E-state index contributed by atoms with van der Waals surface area (Å²) in [5, 5.41) is 9.60. The molecule has 0 aliphatic carbocycles. The molecule has 0 atom stereocenters. The quantitative estimate of drug-likeness (QED) is 0.685. The van der Waals surface area contributed by atoms with Crippen LogP contribution < -0.4 is 0 Å². The lowest BCUT2D eigenvalue weighted by molar-refractivity contribution is -0.147. The van der Waals surface area contributed by atoms with Crippen molar-refractivity contribution in [3.05, 3.63) is 0 Å². The second-order valence-corrected chi connectivity index (χ2v) is 6.08. The highest BCUT2D eigenvalue weighted by Gasteiger charge is 2.26. The van der Waals surface area contributed by atoms with Crippen LogP contribution in [0.4, 0.5) is 0 Å². The summed E-state index contributed by atoms with van der Waals surface area (Å²) < 4.78 is 5.08. The van der Waals surface area contributed by atoms with Crippen LogP contribution in [0.25, 0.3) is 0 Å². The molecular weight excluding hydrogens is 212 g/mol. The van der Waals surface area contributed by atoms with Crippen LogP contribution >= 0.6 is 11.8 Å². The van der Waals surface area contributed by atoms with Crippen LogP contribution in [0, 0.1) is 5.41 Å². The summed E-state index contributed by atoms with van der Waals surface area (Å²) in [6.07, 6.45) is 2.88. The third-order valence-electron chi connectivity index (χ3n) is 2.74. The summed E-state index contributed by atoms with van der Waals surface area (Å²) in [6.45, 7) is 5.38. The molecule has 0 aromatic carbocycles. The third-order valence-corrected chi connectivity index (χ3v) is 4.00. The van der Waals surface area contributed by atoms with E-state index in [-0.39, 0.29) is 0 Å². The van der Waals surface area contributed by atoms with Gasteiger partial charge in [-0.05, 0) is 32.4 Å². The first-order chi connectivity index (χ1) is 7.02. The van der Waals surface area contributed by atoms with E-state index >= 15 is 0 Å². The van der Waals surface area contributed by atoms with Gasteiger partial charge in [0.1, 0.15) is 0 Å². The molecule has 4 heteroatoms. The molecule has 88 valence electrons. The average Bonchev–Trinajstić information content (AvgIpc) is 2.07. The van der Waals surface area contributed by atoms with Gasteiger partial charge in [0.25, 0.3) is 0 Å². The maximum Gasteiger partial charge on any atom is 0.309 e. The fourth-order valence-corrected chi connectivity index (χ4v) is 2.43. The largest absolute Gasteiger partial charge is 0.481 e. The SMILES string of the molecule is CC(C)(CCCCSC1COC1)C(=O)O. The number of thioether (sulfide) groups is 1. The van der Waals surface area contributed by atoms with Crippen LogP contribution in [0.2, 0.25) is 0 Å². The lowest BCUT2D eigenvalue weighted by atomic mass is 9.88. The first-order valence-electron chi connectivity index (χ1n) is 5.45. The zero-order valence-corrected chi connectivity index (χ0v) is 10.3. The lowest BCUT2D eigenvalue weighted by Crippen LogP contribution is -2.30. The van der Waals surface area contributed by atoms with E-state index in [9.17, 15) is 4.79 Å². The Labute approximate surface area is 95.6 Å². The molecule has 1 N–H and O–H groups in total. The molecule has 0 spiro atoms. The second-order valence-electron chi connectivity index (χ2n) is 4.68. The zero-order valence-electron chi connectivity index (χ0n) is 9.49. The van der Waals surface area contributed by atoms with E-state index < -0.39 is 11.4 Å². The van der Waals surface area contributed by atoms with E-state index in [1.54, 1.807) is 13.8 Å². The van der Waals surface area contributed by atoms with Gasteiger partial charge >= 0.3 is 5.97 Å². The van der Waals surface area contributed by atoms with Gasteiger partial charge in [-0.1, -0.05) is 6.42 Å². The Balaban J connectivity index is 1.98. The van der Waals surface area contributed by atoms with Gasteiger partial charge in [0, 0.05) is 0 Å². The van der Waals surface area contributed by atoms with E-state index in [2.05, 4.69) is 0 Å². The number of unbranched alkanes of at least 4 members (excludes halogenated alkanes) is 1. The van der Waals surface area contributed by atoms with Crippen molar-refractivity contribution < 1.29 is 14.6 Å². The van der Waals surface area contributed by atoms with Gasteiger partial charge in [0.05, 0.1) is 23.9 Å². The zero-order chi connectivity index (χ0) is 11.3. The van der Waals surface area contributed by atoms with Crippen molar-refractivity contribution in [3.8, 4) is 0 Å². The Morgan fingerprint density at radius 1 is 1.47 bits per heavy atom. The minimum atomic E-state index is -0.692. The Morgan fingerprint density at radius 3 is 2.60 bits per heavy atom. The van der Waals surface area contributed by atoms with Crippen LogP contribution in [0.15, 0.2) is 0 Å². The smallest absolute Gasteiger partial charge is 0.309 e. The summed E-state index contributed by atoms with van der Waals surface area (Å²) in [4.78, 5) is 10.8. The highest BCUT2D eigenvalue weighted by molar-refractivity contribution is 8.00. The van der Waals surface area contributed by atoms with Gasteiger partial charge < -0.3 is 9.84 Å². The predicted molar refractivity (Wildman–Crippen MR) is 62.3 cm³/mol. The fourth-order valence-electron chi connectivity index (χ4n) is 1.34. The summed E-state index contributed by atoms with van der Waals surface area (Å²) in [6, 6.07) is 0. The Hall–Kier alpha value is -0.220. The minimum absolute atomic E-state index is 0.565. The molecule has 0 bridgehead atoms. The summed E-state index contributed by atoms with van der Waals surface area (Å²) in [5.41, 5.74) is -0.565. The number of carboxylic acid groups (broad SMARTS) is 1. The standard InChI is InChI=1S/C11H20O3S/c1-11(2,10(12)13)5-3-4-6-15-9-7-14-8-9/h9H,3-8H2,1-2H3,(H,12,13). The molecule has 0 aromatic rings. The number of ether oxygens (including phenoxy) is 1. The van der Waals surface area contributed by atoms with Crippen molar-refractivity contribution in [1.82, 2.24) is 0 Å². The third kappa shape index (κ3) is 4.43. The van der Waals surface area contributed by atoms with Crippen LogP contribution in [-0.2, 0) is 9.53 Å². The molecule has 1 heterocycles. The van der Waals surface area contributed by atoms with Crippen LogP contribution in [0.1, 0.15) is 33.1 Å². The Morgan fingerprint density at radius 2 is 2.13 bits per heavy atom. The second kappa shape index (κ2) is 5.75. The van der Waals surface area contributed by atoms with Gasteiger partial charge in [-0.3, -0.25) is 4.79 Å². The number of hydrogen-bond donors (Lipinski definition) is 1. The first-order valence-corrected chi connectivity index (χ1v) is 6.50. The van der Waals surface area contributed by atoms with Gasteiger partial charge in [-0.15, -0.1) is 0 Å². The number of carbonyl (C=O) groups is 1. The van der Waals surface area contributed by atoms with Crippen molar-refractivity contribution in [2.24, 2.45) is 5.41 Å². The number of rotatable bonds is 7. The molecule has 1 aliphatic rings. The molecular formula is C11H20O3S. The minimum Gasteiger partial charge on any atom is -0.481 e. The van der Waals surface area contributed by atoms with E-state index in [1.165, 1.54) is 0 Å². The van der Waals surface area contributed by atoms with Crippen LogP contribution in [0.5, 0.6) is 0 Å². The molecule has 0 saturated carbocycles. The van der Waals surface area contributed by atoms with Crippen LogP contribution in [-0.4, -0.2) is 35.3 Å². The Bertz CT molecular complexity index is 212. The van der Waals surface area contributed by atoms with Crippen molar-refractivity contribution in [3.63, 3.8) is 0 Å². The number of aliphatic carboxylic acids is 1. The maximum atomic E-state index is 10.8. The van der Waals surface area contributed by atoms with Gasteiger partial charge in [-0.2, -0.15) is 11.8 Å². The van der Waals surface area contributed by atoms with Crippen molar-refractivity contribution in [2.75, 3.05) is 19.0 Å². The molecule has 1 saturated heterocycles. The topological polar surface area (TPSA) is 46.5 Å². The molecule has 0 radical (unpaired) electrons. The molecule has 0 unspecified atom stereocenters. The molecule has 15 heavy (non-hydrogen) atoms. The van der Waals surface area contributed by atoms with Gasteiger partial charge in [0.15, 0.2) is 0 Å². The molecule has 1 fully saturated rings. The monoisotopic (exact) mass is 232 g/mol. The molecule has 3 nitrogen and oxygen atoms in total. The van der Waals surface area contributed by atoms with Crippen molar-refractivity contribution in [1.29, 1.82) is 0 Å². The van der Waals surface area contributed by atoms with E-state index in [0.717, 1.165) is 38.2 Å². The summed E-state index contributed by atoms with van der Waals surface area (Å²) >= 11 is 1.95. The van der Waals surface area contributed by atoms with Gasteiger partial charge in [0.2, 0.25) is 0 Å². The molecule has 0 aromatic heterocycles. The van der Waals surface area contributed by atoms with E-state index in [4.69, 9.17) is 9.84 Å². The number of carboxylic acids is 1. The summed E-state index contributed by atoms with van der Waals surface area (Å²) in [7, 11) is 0. The normalized spacial score (nSPS) is 17.5. The first kappa shape index (κ1) is 12.8. The van der Waals surface area contributed by atoms with E-state index in [0.29, 0.717) is 5.25 Å². The Kier molecular flexibility index (Phi) is 4.93. The number of hydrogen-bond acceptors (Lipinski definition) is 3. The highest BCUT2D eigenvalue weighted by Crippen LogP contribution is 2.25. The van der Waals surface area contributed by atoms with E-state index in [1.807, 2.05) is 11.8 Å². The molecule has 1 aliphatic heterocycles.